The van der Waals surface area contributed by atoms with Crippen LogP contribution in [-0.4, -0.2) is 39.0 Å². The fourth-order valence-corrected chi connectivity index (χ4v) is 5.99. The SMILES string of the molecule is COc1ccc([C@@H]2OCC[C@H]3[C@H]2CCN3S(=O)(=O)c2ccc(C)cc2)cc1. The predicted octanol–water partition coefficient (Wildman–Crippen LogP) is 3.54. The van der Waals surface area contributed by atoms with E-state index in [-0.39, 0.29) is 18.1 Å². The van der Waals surface area contributed by atoms with Gasteiger partial charge in [0, 0.05) is 25.1 Å². The van der Waals surface area contributed by atoms with Gasteiger partial charge < -0.3 is 9.47 Å². The van der Waals surface area contributed by atoms with Crippen LogP contribution in [0.5, 0.6) is 5.75 Å². The third kappa shape index (κ3) is 3.37. The zero-order valence-corrected chi connectivity index (χ0v) is 16.5. The number of nitrogens with zero attached hydrogens (tertiary/aromatic N) is 1. The van der Waals surface area contributed by atoms with Gasteiger partial charge in [-0.25, -0.2) is 8.42 Å². The lowest BCUT2D eigenvalue weighted by Gasteiger charge is -2.37. The molecule has 27 heavy (non-hydrogen) atoms. The number of sulfonamides is 1. The Bertz CT molecular complexity index is 893. The molecule has 4 rings (SSSR count). The quantitative estimate of drug-likeness (QED) is 0.805. The molecule has 0 amide bonds. The van der Waals surface area contributed by atoms with Crippen molar-refractivity contribution < 1.29 is 17.9 Å². The first-order chi connectivity index (χ1) is 13.0. The van der Waals surface area contributed by atoms with Crippen molar-refractivity contribution >= 4 is 10.0 Å². The van der Waals surface area contributed by atoms with Crippen LogP contribution >= 0.6 is 0 Å². The normalized spacial score (nSPS) is 25.9. The Labute approximate surface area is 161 Å². The van der Waals surface area contributed by atoms with Crippen molar-refractivity contribution in [3.8, 4) is 5.75 Å². The van der Waals surface area contributed by atoms with E-state index in [4.69, 9.17) is 9.47 Å². The zero-order valence-electron chi connectivity index (χ0n) is 15.7. The summed E-state index contributed by atoms with van der Waals surface area (Å²) < 4.78 is 39.4. The third-order valence-corrected chi connectivity index (χ3v) is 7.66. The number of ether oxygens (including phenoxy) is 2. The number of aryl methyl sites for hydroxylation is 1. The molecule has 2 saturated heterocycles. The Morgan fingerprint density at radius 3 is 2.41 bits per heavy atom. The molecular weight excluding hydrogens is 362 g/mol. The van der Waals surface area contributed by atoms with Crippen LogP contribution in [0.1, 0.15) is 30.1 Å². The molecule has 0 bridgehead atoms. The van der Waals surface area contributed by atoms with Crippen molar-refractivity contribution in [2.45, 2.75) is 36.8 Å². The molecule has 2 heterocycles. The number of rotatable bonds is 4. The van der Waals surface area contributed by atoms with Gasteiger partial charge in [-0.3, -0.25) is 0 Å². The van der Waals surface area contributed by atoms with Crippen LogP contribution in [0.3, 0.4) is 0 Å². The van der Waals surface area contributed by atoms with Crippen molar-refractivity contribution in [2.75, 3.05) is 20.3 Å². The molecule has 0 saturated carbocycles. The third-order valence-electron chi connectivity index (χ3n) is 5.72. The number of hydrogen-bond acceptors (Lipinski definition) is 4. The van der Waals surface area contributed by atoms with Gasteiger partial charge in [-0.05, 0) is 49.6 Å². The molecule has 5 nitrogen and oxygen atoms in total. The molecule has 0 unspecified atom stereocenters. The smallest absolute Gasteiger partial charge is 0.243 e. The minimum Gasteiger partial charge on any atom is -0.497 e. The summed E-state index contributed by atoms with van der Waals surface area (Å²) in [5, 5.41) is 0. The van der Waals surface area contributed by atoms with E-state index in [1.165, 1.54) is 0 Å². The van der Waals surface area contributed by atoms with Crippen molar-refractivity contribution in [1.29, 1.82) is 0 Å². The van der Waals surface area contributed by atoms with Crippen LogP contribution in [0, 0.1) is 12.8 Å². The van der Waals surface area contributed by atoms with E-state index in [1.807, 2.05) is 43.3 Å². The number of fused-ring (bicyclic) bond motifs is 1. The molecule has 3 atom stereocenters. The maximum absolute atomic E-state index is 13.2. The summed E-state index contributed by atoms with van der Waals surface area (Å²) in [4.78, 5) is 0.376. The van der Waals surface area contributed by atoms with E-state index in [1.54, 1.807) is 23.5 Å². The maximum Gasteiger partial charge on any atom is 0.243 e. The minimum atomic E-state index is -3.48. The van der Waals surface area contributed by atoms with E-state index in [2.05, 4.69) is 0 Å². The summed E-state index contributed by atoms with van der Waals surface area (Å²) in [5.41, 5.74) is 2.14. The molecule has 2 aromatic carbocycles. The Morgan fingerprint density at radius 1 is 1.04 bits per heavy atom. The monoisotopic (exact) mass is 387 g/mol. The fraction of sp³-hybridized carbons (Fsp3) is 0.429. The fourth-order valence-electron chi connectivity index (χ4n) is 4.28. The lowest BCUT2D eigenvalue weighted by molar-refractivity contribution is -0.0410. The van der Waals surface area contributed by atoms with Crippen molar-refractivity contribution in [3.05, 3.63) is 59.7 Å². The van der Waals surface area contributed by atoms with Crippen LogP contribution in [-0.2, 0) is 14.8 Å². The van der Waals surface area contributed by atoms with Crippen LogP contribution in [0.15, 0.2) is 53.4 Å². The summed E-state index contributed by atoms with van der Waals surface area (Å²) in [6.07, 6.45) is 1.47. The van der Waals surface area contributed by atoms with E-state index >= 15 is 0 Å². The molecule has 6 heteroatoms. The second-order valence-corrected chi connectivity index (χ2v) is 9.19. The first-order valence-electron chi connectivity index (χ1n) is 9.35. The average Bonchev–Trinajstić information content (AvgIpc) is 3.13. The molecule has 0 N–H and O–H groups in total. The lowest BCUT2D eigenvalue weighted by Crippen LogP contribution is -2.42. The van der Waals surface area contributed by atoms with Crippen molar-refractivity contribution in [3.63, 3.8) is 0 Å². The number of benzene rings is 2. The van der Waals surface area contributed by atoms with Gasteiger partial charge in [-0.1, -0.05) is 29.8 Å². The maximum atomic E-state index is 13.2. The first kappa shape index (κ1) is 18.5. The number of hydrogen-bond donors (Lipinski definition) is 0. The first-order valence-corrected chi connectivity index (χ1v) is 10.8. The highest BCUT2D eigenvalue weighted by atomic mass is 32.2. The highest BCUT2D eigenvalue weighted by Crippen LogP contribution is 2.44. The second-order valence-electron chi connectivity index (χ2n) is 7.30. The molecule has 2 aliphatic rings. The molecule has 2 aliphatic heterocycles. The molecule has 0 radical (unpaired) electrons. The molecule has 0 aromatic heterocycles. The van der Waals surface area contributed by atoms with Crippen LogP contribution in [0.4, 0.5) is 0 Å². The van der Waals surface area contributed by atoms with Crippen molar-refractivity contribution in [1.82, 2.24) is 4.31 Å². The zero-order chi connectivity index (χ0) is 19.0. The van der Waals surface area contributed by atoms with Gasteiger partial charge in [-0.2, -0.15) is 4.31 Å². The molecule has 144 valence electrons. The Kier molecular flexibility index (Phi) is 4.97. The van der Waals surface area contributed by atoms with E-state index in [0.717, 1.165) is 29.7 Å². The number of methoxy groups -OCH3 is 1. The summed E-state index contributed by atoms with van der Waals surface area (Å²) in [5.74, 6) is 0.980. The highest BCUT2D eigenvalue weighted by Gasteiger charge is 2.47. The lowest BCUT2D eigenvalue weighted by atomic mass is 9.86. The molecule has 2 fully saturated rings. The molecule has 0 spiro atoms. The van der Waals surface area contributed by atoms with Gasteiger partial charge in [0.2, 0.25) is 10.0 Å². The minimum absolute atomic E-state index is 0.0165. The van der Waals surface area contributed by atoms with Gasteiger partial charge in [0.25, 0.3) is 0 Å². The van der Waals surface area contributed by atoms with E-state index in [9.17, 15) is 8.42 Å². The summed E-state index contributed by atoms with van der Waals surface area (Å²) in [7, 11) is -1.84. The molecular formula is C21H25NO4S. The second kappa shape index (κ2) is 7.26. The average molecular weight is 388 g/mol. The largest absolute Gasteiger partial charge is 0.497 e. The molecule has 2 aromatic rings. The van der Waals surface area contributed by atoms with Gasteiger partial charge in [0.1, 0.15) is 5.75 Å². The Morgan fingerprint density at radius 2 is 1.74 bits per heavy atom. The van der Waals surface area contributed by atoms with Gasteiger partial charge in [0.15, 0.2) is 0 Å². The van der Waals surface area contributed by atoms with Gasteiger partial charge >= 0.3 is 0 Å². The summed E-state index contributed by atoms with van der Waals surface area (Å²) in [6.45, 7) is 3.07. The van der Waals surface area contributed by atoms with Gasteiger partial charge in [0.05, 0.1) is 18.1 Å². The summed E-state index contributed by atoms with van der Waals surface area (Å²) >= 11 is 0. The Balaban J connectivity index is 1.59. The van der Waals surface area contributed by atoms with Crippen LogP contribution < -0.4 is 4.74 Å². The van der Waals surface area contributed by atoms with Crippen LogP contribution in [0.2, 0.25) is 0 Å². The van der Waals surface area contributed by atoms with Gasteiger partial charge in [-0.15, -0.1) is 0 Å². The van der Waals surface area contributed by atoms with E-state index in [0.29, 0.717) is 18.0 Å². The van der Waals surface area contributed by atoms with Crippen molar-refractivity contribution in [2.24, 2.45) is 5.92 Å². The Hall–Kier alpha value is -1.89. The summed E-state index contributed by atoms with van der Waals surface area (Å²) in [6, 6.07) is 15.0. The van der Waals surface area contributed by atoms with E-state index < -0.39 is 10.0 Å². The molecule has 0 aliphatic carbocycles. The standard InChI is InChI=1S/C21H25NO4S/c1-15-3-9-18(10-4-15)27(23,24)22-13-11-19-20(22)12-14-26-21(19)16-5-7-17(25-2)8-6-16/h3-10,19-21H,11-14H2,1-2H3/t19-,20+,21+/m1/s1. The van der Waals surface area contributed by atoms with Crippen LogP contribution in [0.25, 0.3) is 0 Å². The topological polar surface area (TPSA) is 55.8 Å². The predicted molar refractivity (Wildman–Crippen MR) is 103 cm³/mol. The highest BCUT2D eigenvalue weighted by molar-refractivity contribution is 7.89.